The molecule has 50 heavy (non-hydrogen) atoms. The van der Waals surface area contributed by atoms with Crippen molar-refractivity contribution in [2.75, 3.05) is 31.6 Å². The van der Waals surface area contributed by atoms with Crippen LogP contribution in [0.4, 0.5) is 10.5 Å². The van der Waals surface area contributed by atoms with Gasteiger partial charge in [-0.25, -0.2) is 4.79 Å². The summed E-state index contributed by atoms with van der Waals surface area (Å²) in [5.74, 6) is 0.931. The summed E-state index contributed by atoms with van der Waals surface area (Å²) in [5, 5.41) is 14.8. The molecule has 0 unspecified atom stereocenters. The van der Waals surface area contributed by atoms with E-state index in [1.165, 1.54) is 16.0 Å². The summed E-state index contributed by atoms with van der Waals surface area (Å²) >= 11 is 6.80. The number of rotatable bonds is 9. The molecular weight excluding hydrogens is 652 g/mol. The normalized spacial score (nSPS) is 26.5. The number of methoxy groups -OCH3 is 1. The van der Waals surface area contributed by atoms with Crippen LogP contribution in [0.3, 0.4) is 0 Å². The number of aromatic nitrogens is 2. The minimum Gasteiger partial charge on any atom is -0.496 e. The smallest absolute Gasteiger partial charge is 0.410 e. The number of carbonyl (C=O) groups excluding carboxylic acids is 2. The van der Waals surface area contributed by atoms with Crippen LogP contribution in [-0.2, 0) is 14.9 Å². The third kappa shape index (κ3) is 6.75. The molecule has 0 radical (unpaired) electrons. The molecule has 8 rings (SSSR count). The lowest BCUT2D eigenvalue weighted by Gasteiger charge is -2.55. The zero-order valence-electron chi connectivity index (χ0n) is 29.9. The molecule has 2 bridgehead atoms. The van der Waals surface area contributed by atoms with Gasteiger partial charge in [0.05, 0.1) is 32.5 Å². The molecule has 1 saturated heterocycles. The summed E-state index contributed by atoms with van der Waals surface area (Å²) < 4.78 is 13.2. The fourth-order valence-corrected chi connectivity index (χ4v) is 9.13. The van der Waals surface area contributed by atoms with Gasteiger partial charge >= 0.3 is 6.09 Å². The van der Waals surface area contributed by atoms with E-state index < -0.39 is 6.10 Å². The SMILES string of the molecule is COc1ccc(C23CCC(CN(c4ccc(Cl)c(-c5cnn(C(C)C)c5)c4)C(=O)[C@H]4CC[C@H](OC(=O)N5CC(O)C5)CC4)(CC2)CC3)cc1C. The molecule has 2 aromatic carbocycles. The number of hydrogen-bond acceptors (Lipinski definition) is 6. The molecule has 268 valence electrons. The van der Waals surface area contributed by atoms with Crippen LogP contribution in [0.15, 0.2) is 48.8 Å². The number of fused-ring (bicyclic) bond motifs is 3. The van der Waals surface area contributed by atoms with Crippen molar-refractivity contribution in [2.24, 2.45) is 11.3 Å². The maximum Gasteiger partial charge on any atom is 0.410 e. The van der Waals surface area contributed by atoms with Crippen molar-refractivity contribution in [3.63, 3.8) is 0 Å². The van der Waals surface area contributed by atoms with Crippen molar-refractivity contribution in [1.29, 1.82) is 0 Å². The predicted octanol–water partition coefficient (Wildman–Crippen LogP) is 8.10. The third-order valence-corrected chi connectivity index (χ3v) is 12.6. The van der Waals surface area contributed by atoms with Gasteiger partial charge in [0, 0.05) is 46.5 Å². The van der Waals surface area contributed by atoms with Crippen molar-refractivity contribution in [2.45, 2.75) is 109 Å². The molecule has 2 amide bonds. The highest BCUT2D eigenvalue weighted by atomic mass is 35.5. The Bertz CT molecular complexity index is 1700. The molecule has 0 spiro atoms. The topological polar surface area (TPSA) is 97.1 Å². The quantitative estimate of drug-likeness (QED) is 0.242. The van der Waals surface area contributed by atoms with Gasteiger partial charge in [-0.1, -0.05) is 23.7 Å². The number of ether oxygens (including phenoxy) is 2. The summed E-state index contributed by atoms with van der Waals surface area (Å²) in [6.45, 7) is 7.65. The average molecular weight is 703 g/mol. The monoisotopic (exact) mass is 702 g/mol. The largest absolute Gasteiger partial charge is 0.496 e. The zero-order valence-corrected chi connectivity index (χ0v) is 30.6. The van der Waals surface area contributed by atoms with Crippen molar-refractivity contribution in [3.05, 3.63) is 64.9 Å². The fourth-order valence-electron chi connectivity index (χ4n) is 8.91. The third-order valence-electron chi connectivity index (χ3n) is 12.3. The number of amides is 2. The van der Waals surface area contributed by atoms with Crippen LogP contribution in [0, 0.1) is 18.3 Å². The van der Waals surface area contributed by atoms with Gasteiger partial charge in [0.15, 0.2) is 0 Å². The highest BCUT2D eigenvalue weighted by Gasteiger charge is 2.51. The lowest BCUT2D eigenvalue weighted by atomic mass is 9.51. The first-order chi connectivity index (χ1) is 24.0. The molecule has 5 aliphatic rings. The van der Waals surface area contributed by atoms with Gasteiger partial charge in [0.1, 0.15) is 11.9 Å². The molecule has 1 aliphatic heterocycles. The summed E-state index contributed by atoms with van der Waals surface area (Å²) in [7, 11) is 1.73. The Morgan fingerprint density at radius 2 is 1.72 bits per heavy atom. The minimum atomic E-state index is -0.461. The first-order valence-electron chi connectivity index (χ1n) is 18.4. The number of benzene rings is 2. The first-order valence-corrected chi connectivity index (χ1v) is 18.8. The number of hydrogen-bond donors (Lipinski definition) is 1. The van der Waals surface area contributed by atoms with Crippen molar-refractivity contribution in [1.82, 2.24) is 14.7 Å². The predicted molar refractivity (Wildman–Crippen MR) is 195 cm³/mol. The van der Waals surface area contributed by atoms with Crippen LogP contribution in [0.2, 0.25) is 5.02 Å². The highest BCUT2D eigenvalue weighted by molar-refractivity contribution is 6.33. The number of likely N-dealkylation sites (tertiary alicyclic amines) is 1. The van der Waals surface area contributed by atoms with Gasteiger partial charge in [0.25, 0.3) is 0 Å². The van der Waals surface area contributed by atoms with Crippen molar-refractivity contribution in [3.8, 4) is 16.9 Å². The second-order valence-corrected chi connectivity index (χ2v) is 16.2. The second kappa shape index (κ2) is 13.9. The Labute approximate surface area is 300 Å². The number of aliphatic hydroxyl groups is 1. The first kappa shape index (κ1) is 34.9. The Hall–Kier alpha value is -3.56. The molecule has 10 heteroatoms. The maximum atomic E-state index is 14.7. The summed E-state index contributed by atoms with van der Waals surface area (Å²) in [4.78, 5) is 30.8. The van der Waals surface area contributed by atoms with E-state index in [-0.39, 0.29) is 40.9 Å². The second-order valence-electron chi connectivity index (χ2n) is 15.8. The van der Waals surface area contributed by atoms with E-state index in [2.05, 4.69) is 55.0 Å². The molecule has 9 nitrogen and oxygen atoms in total. The minimum absolute atomic E-state index is 0.0514. The number of nitrogens with zero attached hydrogens (tertiary/aromatic N) is 4. The lowest BCUT2D eigenvalue weighted by Crippen LogP contribution is -2.54. The molecule has 1 N–H and O–H groups in total. The van der Waals surface area contributed by atoms with Gasteiger partial charge in [-0.05, 0) is 131 Å². The Morgan fingerprint density at radius 1 is 1.02 bits per heavy atom. The van der Waals surface area contributed by atoms with Gasteiger partial charge in [-0.15, -0.1) is 0 Å². The van der Waals surface area contributed by atoms with Crippen LogP contribution in [0.1, 0.15) is 95.2 Å². The van der Waals surface area contributed by atoms with E-state index in [0.29, 0.717) is 50.3 Å². The van der Waals surface area contributed by atoms with Crippen LogP contribution >= 0.6 is 11.6 Å². The average Bonchev–Trinajstić information content (AvgIpc) is 3.61. The van der Waals surface area contributed by atoms with E-state index in [4.69, 9.17) is 21.1 Å². The number of aliphatic hydroxyl groups excluding tert-OH is 1. The molecule has 0 atom stereocenters. The molecule has 5 fully saturated rings. The lowest BCUT2D eigenvalue weighted by molar-refractivity contribution is -0.124. The van der Waals surface area contributed by atoms with Crippen LogP contribution in [0.25, 0.3) is 11.1 Å². The Balaban J connectivity index is 1.12. The van der Waals surface area contributed by atoms with Crippen molar-refractivity contribution < 1.29 is 24.2 Å². The number of β-amino-alcohol motifs (C(OH)–C–C–N with tert-alkyl or cyclic N) is 1. The summed E-state index contributed by atoms with van der Waals surface area (Å²) in [6, 6.07) is 12.9. The van der Waals surface area contributed by atoms with Gasteiger partial charge in [0.2, 0.25) is 5.91 Å². The summed E-state index contributed by atoms with van der Waals surface area (Å²) in [6.07, 6.45) is 12.1. The Kier molecular flexibility index (Phi) is 9.67. The molecule has 2 heterocycles. The zero-order chi connectivity index (χ0) is 35.2. The van der Waals surface area contributed by atoms with Gasteiger partial charge in [-0.2, -0.15) is 5.10 Å². The van der Waals surface area contributed by atoms with Gasteiger partial charge in [-0.3, -0.25) is 9.48 Å². The molecule has 3 aromatic rings. The van der Waals surface area contributed by atoms with Gasteiger partial charge < -0.3 is 24.4 Å². The van der Waals surface area contributed by atoms with E-state index >= 15 is 0 Å². The Morgan fingerprint density at radius 3 is 2.32 bits per heavy atom. The van der Waals surface area contributed by atoms with Crippen molar-refractivity contribution >= 4 is 29.3 Å². The highest BCUT2D eigenvalue weighted by Crippen LogP contribution is 2.58. The number of carbonyl (C=O) groups is 2. The standard InChI is InChI=1S/C40H51ClN4O5/c1-26(2)45-22-29(21-42-45)34-20-31(8-11-35(34)41)44(37(47)28-5-9-33(10-6-28)50-38(48)43-23-32(46)24-43)25-39-13-16-40(17-14-39,18-15-39)30-7-12-36(49-4)27(3)19-30/h7-8,11-12,19-22,26,28,32-33,46H,5-6,9-10,13-18,23-25H2,1-4H3/t28-,33-,39?,40?. The van der Waals surface area contributed by atoms with Crippen LogP contribution in [0.5, 0.6) is 5.75 Å². The van der Waals surface area contributed by atoms with E-state index in [1.807, 2.05) is 29.2 Å². The molecule has 4 aliphatic carbocycles. The molecule has 1 aromatic heterocycles. The van der Waals surface area contributed by atoms with E-state index in [1.54, 1.807) is 7.11 Å². The molecular formula is C40H51ClN4O5. The fraction of sp³-hybridized carbons (Fsp3) is 0.575. The van der Waals surface area contributed by atoms with E-state index in [0.717, 1.165) is 61.1 Å². The maximum absolute atomic E-state index is 14.7. The van der Waals surface area contributed by atoms with Crippen LogP contribution < -0.4 is 9.64 Å². The molecule has 4 saturated carbocycles. The van der Waals surface area contributed by atoms with Crippen LogP contribution in [-0.4, -0.2) is 70.7 Å². The van der Waals surface area contributed by atoms with E-state index in [9.17, 15) is 14.7 Å². The number of aryl methyl sites for hydroxylation is 1. The number of anilines is 1. The number of halogens is 1. The summed E-state index contributed by atoms with van der Waals surface area (Å²) in [5.41, 5.74) is 5.52.